The van der Waals surface area contributed by atoms with Crippen molar-refractivity contribution < 1.29 is 4.79 Å². The topological polar surface area (TPSA) is 50.2 Å². The molecule has 2 heterocycles. The Morgan fingerprint density at radius 3 is 2.57 bits per heavy atom. The SMILES string of the molecule is CN(C)CC(C)(C)CNC(=O)c1cn(Cc2ccccc2)nc1-c1cccs1. The molecule has 3 rings (SSSR count). The van der Waals surface area contributed by atoms with E-state index in [-0.39, 0.29) is 11.3 Å². The van der Waals surface area contributed by atoms with Gasteiger partial charge in [0.05, 0.1) is 17.0 Å². The van der Waals surface area contributed by atoms with Crippen molar-refractivity contribution in [2.75, 3.05) is 27.2 Å². The number of nitrogens with one attached hydrogen (secondary N) is 1. The van der Waals surface area contributed by atoms with Gasteiger partial charge in [0.1, 0.15) is 5.69 Å². The van der Waals surface area contributed by atoms with Crippen LogP contribution in [-0.4, -0.2) is 47.8 Å². The molecular formula is C22H28N4OS. The molecule has 0 aliphatic heterocycles. The summed E-state index contributed by atoms with van der Waals surface area (Å²) in [6.45, 7) is 6.47. The van der Waals surface area contributed by atoms with E-state index in [1.165, 1.54) is 0 Å². The van der Waals surface area contributed by atoms with Crippen molar-refractivity contribution in [1.82, 2.24) is 20.0 Å². The number of thiophene rings is 1. The lowest BCUT2D eigenvalue weighted by Gasteiger charge is -2.28. The molecule has 0 unspecified atom stereocenters. The molecule has 0 spiro atoms. The quantitative estimate of drug-likeness (QED) is 0.627. The minimum absolute atomic E-state index is 0.0116. The maximum absolute atomic E-state index is 13.0. The van der Waals surface area contributed by atoms with Gasteiger partial charge in [0.15, 0.2) is 0 Å². The third-order valence-corrected chi connectivity index (χ3v) is 5.30. The van der Waals surface area contributed by atoms with Crippen LogP contribution in [0.5, 0.6) is 0 Å². The standard InChI is InChI=1S/C22H28N4OS/c1-22(2,16-25(3)4)15-23-21(27)18-14-26(13-17-9-6-5-7-10-17)24-20(18)19-11-8-12-28-19/h5-12,14H,13,15-16H2,1-4H3,(H,23,27). The first-order chi connectivity index (χ1) is 13.3. The lowest BCUT2D eigenvalue weighted by molar-refractivity contribution is 0.0930. The Balaban J connectivity index is 1.81. The predicted octanol–water partition coefficient (Wildman–Crippen LogP) is 3.98. The van der Waals surface area contributed by atoms with Gasteiger partial charge in [-0.15, -0.1) is 11.3 Å². The fourth-order valence-corrected chi connectivity index (χ4v) is 4.08. The van der Waals surface area contributed by atoms with Crippen molar-refractivity contribution in [2.45, 2.75) is 20.4 Å². The number of aromatic nitrogens is 2. The highest BCUT2D eigenvalue weighted by molar-refractivity contribution is 7.13. The molecule has 0 aliphatic rings. The Hall–Kier alpha value is -2.44. The molecular weight excluding hydrogens is 368 g/mol. The fourth-order valence-electron chi connectivity index (χ4n) is 3.36. The molecule has 1 N–H and O–H groups in total. The summed E-state index contributed by atoms with van der Waals surface area (Å²) in [4.78, 5) is 16.1. The first-order valence-corrected chi connectivity index (χ1v) is 10.3. The van der Waals surface area contributed by atoms with Crippen LogP contribution in [0, 0.1) is 5.41 Å². The highest BCUT2D eigenvalue weighted by Crippen LogP contribution is 2.27. The van der Waals surface area contributed by atoms with E-state index in [0.717, 1.165) is 22.7 Å². The number of rotatable bonds is 8. The summed E-state index contributed by atoms with van der Waals surface area (Å²) in [5, 5.41) is 9.84. The van der Waals surface area contributed by atoms with Crippen LogP contribution >= 0.6 is 11.3 Å². The smallest absolute Gasteiger partial charge is 0.255 e. The van der Waals surface area contributed by atoms with Crippen LogP contribution in [0.25, 0.3) is 10.6 Å². The fraction of sp³-hybridized carbons (Fsp3) is 0.364. The van der Waals surface area contributed by atoms with Gasteiger partial charge in [0, 0.05) is 19.3 Å². The number of hydrogen-bond acceptors (Lipinski definition) is 4. The third kappa shape index (κ3) is 5.30. The summed E-state index contributed by atoms with van der Waals surface area (Å²) >= 11 is 1.60. The van der Waals surface area contributed by atoms with Gasteiger partial charge in [-0.05, 0) is 36.5 Å². The van der Waals surface area contributed by atoms with E-state index < -0.39 is 0 Å². The molecule has 1 aromatic carbocycles. The van der Waals surface area contributed by atoms with E-state index in [1.807, 2.05) is 60.7 Å². The number of carbonyl (C=O) groups excluding carboxylic acids is 1. The van der Waals surface area contributed by atoms with E-state index in [4.69, 9.17) is 5.10 Å². The molecule has 28 heavy (non-hydrogen) atoms. The van der Waals surface area contributed by atoms with Crippen molar-refractivity contribution in [3.8, 4) is 10.6 Å². The average Bonchev–Trinajstić information content (AvgIpc) is 3.29. The van der Waals surface area contributed by atoms with Gasteiger partial charge in [0.2, 0.25) is 0 Å². The van der Waals surface area contributed by atoms with Crippen molar-refractivity contribution >= 4 is 17.2 Å². The first-order valence-electron chi connectivity index (χ1n) is 9.42. The lowest BCUT2D eigenvalue weighted by atomic mass is 9.93. The zero-order valence-electron chi connectivity index (χ0n) is 17.0. The van der Waals surface area contributed by atoms with Crippen LogP contribution in [0.4, 0.5) is 0 Å². The largest absolute Gasteiger partial charge is 0.351 e. The number of carbonyl (C=O) groups is 1. The van der Waals surface area contributed by atoms with Gasteiger partial charge in [-0.3, -0.25) is 9.48 Å². The summed E-state index contributed by atoms with van der Waals surface area (Å²) in [6, 6.07) is 14.1. The lowest BCUT2D eigenvalue weighted by Crippen LogP contribution is -2.40. The summed E-state index contributed by atoms with van der Waals surface area (Å²) in [6.07, 6.45) is 1.86. The molecule has 0 aliphatic carbocycles. The van der Waals surface area contributed by atoms with Gasteiger partial charge in [-0.2, -0.15) is 5.10 Å². The van der Waals surface area contributed by atoms with Crippen LogP contribution in [0.2, 0.25) is 0 Å². The monoisotopic (exact) mass is 396 g/mol. The Labute approximate surface area is 171 Å². The van der Waals surface area contributed by atoms with E-state index in [0.29, 0.717) is 18.7 Å². The van der Waals surface area contributed by atoms with Gasteiger partial charge in [0.25, 0.3) is 5.91 Å². The predicted molar refractivity (Wildman–Crippen MR) is 116 cm³/mol. The zero-order chi connectivity index (χ0) is 20.1. The Kier molecular flexibility index (Phi) is 6.31. The first kappa shape index (κ1) is 20.3. The van der Waals surface area contributed by atoms with Crippen molar-refractivity contribution in [1.29, 1.82) is 0 Å². The second-order valence-corrected chi connectivity index (χ2v) is 9.08. The van der Waals surface area contributed by atoms with Gasteiger partial charge in [-0.1, -0.05) is 50.2 Å². The van der Waals surface area contributed by atoms with Crippen LogP contribution < -0.4 is 5.32 Å². The third-order valence-electron chi connectivity index (χ3n) is 4.42. The van der Waals surface area contributed by atoms with Gasteiger partial charge in [-0.25, -0.2) is 0 Å². The molecule has 0 saturated carbocycles. The number of amides is 1. The molecule has 2 aromatic heterocycles. The maximum Gasteiger partial charge on any atom is 0.255 e. The van der Waals surface area contributed by atoms with Gasteiger partial charge >= 0.3 is 0 Å². The van der Waals surface area contributed by atoms with E-state index in [2.05, 4.69) is 36.2 Å². The normalized spacial score (nSPS) is 11.8. The minimum atomic E-state index is -0.0745. The molecule has 0 bridgehead atoms. The van der Waals surface area contributed by atoms with Crippen LogP contribution in [0.15, 0.2) is 54.0 Å². The summed E-state index contributed by atoms with van der Waals surface area (Å²) in [7, 11) is 4.10. The Morgan fingerprint density at radius 2 is 1.93 bits per heavy atom. The molecule has 3 aromatic rings. The highest BCUT2D eigenvalue weighted by atomic mass is 32.1. The number of benzene rings is 1. The Morgan fingerprint density at radius 1 is 1.18 bits per heavy atom. The maximum atomic E-state index is 13.0. The minimum Gasteiger partial charge on any atom is -0.351 e. The summed E-state index contributed by atoms with van der Waals surface area (Å²) < 4.78 is 1.85. The second kappa shape index (κ2) is 8.71. The summed E-state index contributed by atoms with van der Waals surface area (Å²) in [5.41, 5.74) is 2.51. The van der Waals surface area contributed by atoms with Crippen molar-refractivity contribution in [2.24, 2.45) is 5.41 Å². The molecule has 0 saturated heterocycles. The van der Waals surface area contributed by atoms with Gasteiger partial charge < -0.3 is 10.2 Å². The molecule has 0 fully saturated rings. The number of hydrogen-bond donors (Lipinski definition) is 1. The van der Waals surface area contributed by atoms with Crippen LogP contribution in [0.3, 0.4) is 0 Å². The molecule has 6 heteroatoms. The zero-order valence-corrected chi connectivity index (χ0v) is 17.8. The number of nitrogens with zero attached hydrogens (tertiary/aromatic N) is 3. The Bertz CT molecular complexity index is 898. The van der Waals surface area contributed by atoms with E-state index in [9.17, 15) is 4.79 Å². The second-order valence-electron chi connectivity index (χ2n) is 8.14. The highest BCUT2D eigenvalue weighted by Gasteiger charge is 2.23. The molecule has 0 atom stereocenters. The molecule has 0 radical (unpaired) electrons. The van der Waals surface area contributed by atoms with Crippen molar-refractivity contribution in [3.05, 3.63) is 65.2 Å². The van der Waals surface area contributed by atoms with E-state index in [1.54, 1.807) is 11.3 Å². The van der Waals surface area contributed by atoms with Crippen LogP contribution in [0.1, 0.15) is 29.8 Å². The molecule has 1 amide bonds. The van der Waals surface area contributed by atoms with Crippen LogP contribution in [-0.2, 0) is 6.54 Å². The van der Waals surface area contributed by atoms with Crippen molar-refractivity contribution in [3.63, 3.8) is 0 Å². The summed E-state index contributed by atoms with van der Waals surface area (Å²) in [5.74, 6) is -0.0745. The van der Waals surface area contributed by atoms with E-state index >= 15 is 0 Å². The molecule has 5 nitrogen and oxygen atoms in total. The average molecular weight is 397 g/mol. The molecule has 148 valence electrons.